The Morgan fingerprint density at radius 1 is 0.731 bits per heavy atom. The van der Waals surface area contributed by atoms with Crippen molar-refractivity contribution >= 4 is 34.6 Å². The van der Waals surface area contributed by atoms with E-state index in [1.54, 1.807) is 27.7 Å². The van der Waals surface area contributed by atoms with E-state index in [2.05, 4.69) is 47.0 Å². The Balaban J connectivity index is 1.21. The Kier molecular flexibility index (Phi) is 13.9. The van der Waals surface area contributed by atoms with Crippen LogP contribution < -0.4 is 4.68 Å². The Morgan fingerprint density at radius 2 is 1.33 bits per heavy atom. The highest BCUT2D eigenvalue weighted by Gasteiger charge is 2.27. The fraction of sp³-hybridized carbons (Fsp3) is 0.292. The van der Waals surface area contributed by atoms with Crippen molar-refractivity contribution < 1.29 is 19.3 Å². The number of pyridine rings is 3. The predicted octanol–water partition coefficient (Wildman–Crippen LogP) is 6.63. The molecule has 0 radical (unpaired) electrons. The number of halogens is 1. The smallest absolute Gasteiger partial charge is 0.237 e. The first-order valence-electron chi connectivity index (χ1n) is 21.5. The monoisotopic (exact) mass is 935 g/mol. The van der Waals surface area contributed by atoms with E-state index in [-0.39, 0.29) is 30.3 Å². The molecular formula is C48H48FN14O2S2+. The van der Waals surface area contributed by atoms with E-state index in [0.29, 0.717) is 74.3 Å². The summed E-state index contributed by atoms with van der Waals surface area (Å²) >= 11 is 2.46. The molecule has 2 atom stereocenters. The number of rotatable bonds is 17. The highest BCUT2D eigenvalue weighted by molar-refractivity contribution is 7.99. The van der Waals surface area contributed by atoms with Crippen molar-refractivity contribution in [3.05, 3.63) is 120 Å². The average Bonchev–Trinajstić information content (AvgIpc) is 4.11. The Labute approximate surface area is 395 Å². The minimum absolute atomic E-state index is 0.0142. The molecule has 7 heterocycles. The number of aliphatic hydroxyl groups excluding tert-OH is 2. The SMILES string of the molecule is Cc1c(-c2cc(Sc3ccc(-[n+]4cc(C#N)c5c(Sc6ncccc6F)cc(-c6cnn([C@@H](C)CN(C)CCO)c6C)cn54)cc3C#N)c3c(C#N)cnn3c2)cnn1[C@@H](C)CN(C)CCO. The first kappa shape index (κ1) is 46.6. The molecule has 0 fully saturated rings. The first-order valence-corrected chi connectivity index (χ1v) is 23.1. The van der Waals surface area contributed by atoms with E-state index in [1.165, 1.54) is 36.3 Å². The van der Waals surface area contributed by atoms with Crippen molar-refractivity contribution in [2.75, 3.05) is 53.5 Å². The summed E-state index contributed by atoms with van der Waals surface area (Å²) in [6.45, 7) is 10.7. The zero-order valence-corrected chi connectivity index (χ0v) is 39.5. The maximum absolute atomic E-state index is 15.2. The summed E-state index contributed by atoms with van der Waals surface area (Å²) in [4.78, 5) is 10.3. The second-order valence-electron chi connectivity index (χ2n) is 16.5. The van der Waals surface area contributed by atoms with Gasteiger partial charge in [0, 0.05) is 99.0 Å². The average molecular weight is 936 g/mol. The zero-order chi connectivity index (χ0) is 47.5. The number of nitriles is 3. The summed E-state index contributed by atoms with van der Waals surface area (Å²) < 4.78 is 24.4. The highest BCUT2D eigenvalue weighted by atomic mass is 32.2. The second kappa shape index (κ2) is 19.9. The molecule has 16 nitrogen and oxygen atoms in total. The van der Waals surface area contributed by atoms with E-state index in [1.807, 2.05) is 89.6 Å². The number of likely N-dealkylation sites (N-methyl/N-ethyl adjacent to an activating group) is 2. The van der Waals surface area contributed by atoms with E-state index >= 15 is 4.39 Å². The molecule has 0 aliphatic rings. The molecule has 8 rings (SSSR count). The third kappa shape index (κ3) is 9.28. The molecule has 8 aromatic rings. The lowest BCUT2D eigenvalue weighted by Crippen LogP contribution is -2.36. The van der Waals surface area contributed by atoms with Gasteiger partial charge >= 0.3 is 0 Å². The van der Waals surface area contributed by atoms with E-state index in [4.69, 9.17) is 10.2 Å². The predicted molar refractivity (Wildman–Crippen MR) is 251 cm³/mol. The third-order valence-electron chi connectivity index (χ3n) is 11.7. The van der Waals surface area contributed by atoms with Crippen LogP contribution in [0.2, 0.25) is 0 Å². The number of hydrogen-bond donors (Lipinski definition) is 2. The minimum Gasteiger partial charge on any atom is -0.395 e. The Hall–Kier alpha value is -6.89. The number of fused-ring (bicyclic) bond motifs is 2. The maximum atomic E-state index is 15.2. The molecule has 1 aromatic carbocycles. The van der Waals surface area contributed by atoms with E-state index in [0.717, 1.165) is 45.4 Å². The summed E-state index contributed by atoms with van der Waals surface area (Å²) in [7, 11) is 3.91. The molecule has 2 N–H and O–H groups in total. The molecule has 0 saturated carbocycles. The number of aromatic nitrogens is 9. The van der Waals surface area contributed by atoms with Gasteiger partial charge in [0.05, 0.1) is 66.7 Å². The summed E-state index contributed by atoms with van der Waals surface area (Å²) in [6.07, 6.45) is 12.2. The third-order valence-corrected chi connectivity index (χ3v) is 13.9. The molecule has 0 saturated heterocycles. The Morgan fingerprint density at radius 3 is 1.91 bits per heavy atom. The van der Waals surface area contributed by atoms with Crippen LogP contribution in [0, 0.1) is 53.7 Å². The lowest BCUT2D eigenvalue weighted by Gasteiger charge is -2.22. The van der Waals surface area contributed by atoms with Crippen LogP contribution in [-0.2, 0) is 0 Å². The lowest BCUT2D eigenvalue weighted by atomic mass is 10.1. The van der Waals surface area contributed by atoms with Crippen molar-refractivity contribution in [3.8, 4) is 46.1 Å². The van der Waals surface area contributed by atoms with Crippen LogP contribution in [0.1, 0.15) is 54.0 Å². The maximum Gasteiger partial charge on any atom is 0.237 e. The highest BCUT2D eigenvalue weighted by Crippen LogP contribution is 2.40. The summed E-state index contributed by atoms with van der Waals surface area (Å²) in [5.41, 5.74) is 7.93. The molecule has 0 unspecified atom stereocenters. The largest absolute Gasteiger partial charge is 0.395 e. The Bertz CT molecular complexity index is 3260. The van der Waals surface area contributed by atoms with Crippen LogP contribution >= 0.6 is 23.5 Å². The molecule has 0 amide bonds. The standard InChI is InChI=1S/C48H48FN14O2S2/c1-30(25-57(5)12-14-64)62-32(3)40(23-55-62)35-17-44(46-37(20-51)22-54-59(46)27-35)66-43-10-9-39(16-34(43)19-50)60-29-38(21-52)47-45(67-48-42(49)8-7-11-53-48)18-36(28-61(47)60)41-24-56-63(33(41)4)31(2)26-58(6)13-15-65/h7-11,16-18,22-24,27-31,64-65H,12-15,25-26H2,1-6H3/q+1/t30-,31-/m0/s1. The summed E-state index contributed by atoms with van der Waals surface area (Å²) in [5, 5.41) is 64.5. The summed E-state index contributed by atoms with van der Waals surface area (Å²) in [6, 6.07) is 19.3. The van der Waals surface area contributed by atoms with Gasteiger partial charge in [-0.3, -0.25) is 9.36 Å². The first-order chi connectivity index (χ1) is 32.4. The molecule has 0 spiro atoms. The molecule has 0 bridgehead atoms. The quantitative estimate of drug-likeness (QED) is 0.0926. The number of hydrogen-bond acceptors (Lipinski definition) is 13. The van der Waals surface area contributed by atoms with Crippen LogP contribution in [-0.4, -0.2) is 112 Å². The molecule has 0 aliphatic carbocycles. The number of benzene rings is 1. The number of aliphatic hydroxyl groups is 2. The molecule has 67 heavy (non-hydrogen) atoms. The summed E-state index contributed by atoms with van der Waals surface area (Å²) in [5.74, 6) is -0.496. The van der Waals surface area contributed by atoms with Gasteiger partial charge in [0.2, 0.25) is 11.9 Å². The fourth-order valence-electron chi connectivity index (χ4n) is 8.51. The van der Waals surface area contributed by atoms with Crippen molar-refractivity contribution in [1.29, 1.82) is 15.8 Å². The van der Waals surface area contributed by atoms with Crippen LogP contribution in [0.15, 0.2) is 106 Å². The van der Waals surface area contributed by atoms with Crippen LogP contribution in [0.25, 0.3) is 39.0 Å². The van der Waals surface area contributed by atoms with Crippen molar-refractivity contribution in [1.82, 2.24) is 48.5 Å². The van der Waals surface area contributed by atoms with Gasteiger partial charge in [0.1, 0.15) is 34.3 Å². The van der Waals surface area contributed by atoms with Gasteiger partial charge in [0.25, 0.3) is 0 Å². The second-order valence-corrected chi connectivity index (χ2v) is 18.6. The molecule has 340 valence electrons. The van der Waals surface area contributed by atoms with Crippen molar-refractivity contribution in [3.63, 3.8) is 0 Å². The molecule has 19 heteroatoms. The molecular weight excluding hydrogens is 888 g/mol. The van der Waals surface area contributed by atoms with Crippen LogP contribution in [0.3, 0.4) is 0 Å². The zero-order valence-electron chi connectivity index (χ0n) is 37.8. The van der Waals surface area contributed by atoms with Gasteiger partial charge in [-0.2, -0.15) is 31.1 Å². The van der Waals surface area contributed by atoms with Gasteiger partial charge in [-0.05, 0) is 72.1 Å². The van der Waals surface area contributed by atoms with Gasteiger partial charge in [-0.1, -0.05) is 28.2 Å². The number of nitrogens with zero attached hydrogens (tertiary/aromatic N) is 14. The topological polar surface area (TPSA) is 192 Å². The van der Waals surface area contributed by atoms with E-state index < -0.39 is 5.82 Å². The van der Waals surface area contributed by atoms with Crippen LogP contribution in [0.4, 0.5) is 4.39 Å². The fourth-order valence-corrected chi connectivity index (χ4v) is 10.6. The van der Waals surface area contributed by atoms with Crippen molar-refractivity contribution in [2.45, 2.75) is 59.5 Å². The van der Waals surface area contributed by atoms with E-state index in [9.17, 15) is 26.0 Å². The lowest BCUT2D eigenvalue weighted by molar-refractivity contribution is -0.667. The normalized spacial score (nSPS) is 12.5. The molecule has 0 aliphatic heterocycles. The van der Waals surface area contributed by atoms with Gasteiger partial charge in [-0.25, -0.2) is 13.9 Å². The minimum atomic E-state index is -0.496. The molecule has 7 aromatic heterocycles. The van der Waals surface area contributed by atoms with Crippen LogP contribution in [0.5, 0.6) is 0 Å². The van der Waals surface area contributed by atoms with Gasteiger partial charge in [-0.15, -0.1) is 4.52 Å². The van der Waals surface area contributed by atoms with Gasteiger partial charge < -0.3 is 20.0 Å². The van der Waals surface area contributed by atoms with Gasteiger partial charge in [0.15, 0.2) is 5.82 Å². The van der Waals surface area contributed by atoms with Crippen molar-refractivity contribution in [2.24, 2.45) is 0 Å².